The van der Waals surface area contributed by atoms with Crippen molar-refractivity contribution in [1.29, 1.82) is 0 Å². The second-order valence-corrected chi connectivity index (χ2v) is 3.96. The molecule has 0 aromatic heterocycles. The highest BCUT2D eigenvalue weighted by Crippen LogP contribution is 2.53. The Morgan fingerprint density at radius 3 is 1.33 bits per heavy atom. The van der Waals surface area contributed by atoms with Crippen molar-refractivity contribution in [1.82, 2.24) is 0 Å². The van der Waals surface area contributed by atoms with Crippen molar-refractivity contribution in [3.8, 4) is 0 Å². The molecule has 0 amide bonds. The van der Waals surface area contributed by atoms with E-state index in [1.807, 2.05) is 0 Å². The molecule has 0 saturated carbocycles. The first-order valence-electron chi connectivity index (χ1n) is 4.45. The Balaban J connectivity index is 5.88. The second-order valence-electron chi connectivity index (χ2n) is 3.96. The van der Waals surface area contributed by atoms with Crippen molar-refractivity contribution in [3.05, 3.63) is 11.7 Å². The van der Waals surface area contributed by atoms with E-state index in [9.17, 15) is 39.5 Å². The molecule has 0 rings (SSSR count). The van der Waals surface area contributed by atoms with Crippen molar-refractivity contribution in [2.24, 2.45) is 0 Å². The highest BCUT2D eigenvalue weighted by molar-refractivity contribution is 5.23. The topological polar surface area (TPSA) is 0 Å². The third-order valence-corrected chi connectivity index (χ3v) is 2.70. The molecule has 108 valence electrons. The number of halogens is 9. The first-order valence-corrected chi connectivity index (χ1v) is 4.45. The molecule has 0 heterocycles. The highest BCUT2D eigenvalue weighted by atomic mass is 19.4. The molecule has 0 aliphatic carbocycles. The maximum Gasteiger partial charge on any atom is 0.428 e. The van der Waals surface area contributed by atoms with E-state index in [0.717, 1.165) is 0 Å². The fourth-order valence-corrected chi connectivity index (χ4v) is 1.03. The van der Waals surface area contributed by atoms with Crippen LogP contribution in [0, 0.1) is 0 Å². The van der Waals surface area contributed by atoms with E-state index >= 15 is 0 Å². The summed E-state index contributed by atoms with van der Waals surface area (Å²) in [5.74, 6) is -5.72. The van der Waals surface area contributed by atoms with E-state index in [4.69, 9.17) is 0 Å². The van der Waals surface area contributed by atoms with Gasteiger partial charge in [-0.1, -0.05) is 0 Å². The molecule has 9 heteroatoms. The Labute approximate surface area is 96.5 Å². The molecular formula is C9H9F9. The smallest absolute Gasteiger partial charge is 0.232 e. The number of allylic oxidation sites excluding steroid dienone is 1. The summed E-state index contributed by atoms with van der Waals surface area (Å²) in [5, 5.41) is 0. The standard InChI is InChI=1S/C9H9F9/c1-4(5(10)11)6(2,12)8(14,15)7(3,13)9(16,17)18/h1-3H3. The van der Waals surface area contributed by atoms with Crippen LogP contribution in [0.3, 0.4) is 0 Å². The third-order valence-electron chi connectivity index (χ3n) is 2.70. The Morgan fingerprint density at radius 1 is 0.778 bits per heavy atom. The summed E-state index contributed by atoms with van der Waals surface area (Å²) >= 11 is 0. The molecule has 0 aromatic rings. The van der Waals surface area contributed by atoms with Gasteiger partial charge in [0.25, 0.3) is 11.7 Å². The van der Waals surface area contributed by atoms with Gasteiger partial charge in [-0.15, -0.1) is 0 Å². The molecule has 0 aliphatic rings. The third kappa shape index (κ3) is 2.31. The maximum atomic E-state index is 13.5. The van der Waals surface area contributed by atoms with E-state index in [2.05, 4.69) is 0 Å². The molecule has 0 spiro atoms. The fourth-order valence-electron chi connectivity index (χ4n) is 1.03. The van der Waals surface area contributed by atoms with E-state index in [1.54, 1.807) is 0 Å². The summed E-state index contributed by atoms with van der Waals surface area (Å²) in [6, 6.07) is 0. The Bertz CT molecular complexity index is 344. The minimum Gasteiger partial charge on any atom is -0.232 e. The lowest BCUT2D eigenvalue weighted by Gasteiger charge is -2.39. The molecule has 0 aliphatic heterocycles. The van der Waals surface area contributed by atoms with Gasteiger partial charge >= 0.3 is 12.1 Å². The highest BCUT2D eigenvalue weighted by Gasteiger charge is 2.75. The van der Waals surface area contributed by atoms with Crippen LogP contribution in [0.5, 0.6) is 0 Å². The van der Waals surface area contributed by atoms with Crippen molar-refractivity contribution >= 4 is 0 Å². The van der Waals surface area contributed by atoms with Gasteiger partial charge in [-0.05, 0) is 20.8 Å². The lowest BCUT2D eigenvalue weighted by atomic mass is 9.82. The number of hydrogen-bond acceptors (Lipinski definition) is 0. The van der Waals surface area contributed by atoms with E-state index in [-0.39, 0.29) is 13.8 Å². The first-order chi connectivity index (χ1) is 7.60. The van der Waals surface area contributed by atoms with Gasteiger partial charge in [-0.3, -0.25) is 0 Å². The number of alkyl halides is 7. The number of rotatable bonds is 3. The fraction of sp³-hybridized carbons (Fsp3) is 0.778. The van der Waals surface area contributed by atoms with Crippen LogP contribution in [0.2, 0.25) is 0 Å². The summed E-state index contributed by atoms with van der Waals surface area (Å²) < 4.78 is 113. The molecule has 0 N–H and O–H groups in total. The number of hydrogen-bond donors (Lipinski definition) is 0. The molecule has 0 nitrogen and oxygen atoms in total. The minimum absolute atomic E-state index is 0.162. The van der Waals surface area contributed by atoms with Gasteiger partial charge in [-0.25, -0.2) is 8.78 Å². The van der Waals surface area contributed by atoms with Crippen LogP contribution in [0.25, 0.3) is 0 Å². The van der Waals surface area contributed by atoms with Gasteiger partial charge in [-0.2, -0.15) is 30.7 Å². The van der Waals surface area contributed by atoms with E-state index in [0.29, 0.717) is 0 Å². The van der Waals surface area contributed by atoms with Gasteiger partial charge in [0.2, 0.25) is 5.67 Å². The monoisotopic (exact) mass is 288 g/mol. The Hall–Kier alpha value is -0.890. The summed E-state index contributed by atoms with van der Waals surface area (Å²) in [6.45, 7) is -0.672. The average molecular weight is 288 g/mol. The van der Waals surface area contributed by atoms with Crippen molar-refractivity contribution in [3.63, 3.8) is 0 Å². The van der Waals surface area contributed by atoms with Crippen LogP contribution in [0.1, 0.15) is 20.8 Å². The van der Waals surface area contributed by atoms with Crippen LogP contribution in [0.4, 0.5) is 39.5 Å². The Morgan fingerprint density at radius 2 is 1.11 bits per heavy atom. The van der Waals surface area contributed by atoms with E-state index in [1.165, 1.54) is 0 Å². The zero-order valence-electron chi connectivity index (χ0n) is 9.40. The quantitative estimate of drug-likeness (QED) is 0.654. The van der Waals surface area contributed by atoms with Gasteiger partial charge in [0.1, 0.15) is 0 Å². The molecule has 2 unspecified atom stereocenters. The Kier molecular flexibility index (Phi) is 4.13. The van der Waals surface area contributed by atoms with Crippen molar-refractivity contribution < 1.29 is 39.5 Å². The predicted octanol–water partition coefficient (Wildman–Crippen LogP) is 4.81. The lowest BCUT2D eigenvalue weighted by Crippen LogP contribution is -2.62. The molecule has 0 radical (unpaired) electrons. The van der Waals surface area contributed by atoms with Crippen LogP contribution >= 0.6 is 0 Å². The second kappa shape index (κ2) is 4.34. The van der Waals surface area contributed by atoms with Crippen LogP contribution in [0.15, 0.2) is 11.7 Å². The van der Waals surface area contributed by atoms with Gasteiger partial charge in [0, 0.05) is 5.57 Å². The molecule has 0 fully saturated rings. The zero-order valence-corrected chi connectivity index (χ0v) is 9.40. The van der Waals surface area contributed by atoms with Crippen molar-refractivity contribution in [2.75, 3.05) is 0 Å². The summed E-state index contributed by atoms with van der Waals surface area (Å²) in [4.78, 5) is 0. The first kappa shape index (κ1) is 17.1. The summed E-state index contributed by atoms with van der Waals surface area (Å²) in [5.41, 5.74) is -11.7. The predicted molar refractivity (Wildman–Crippen MR) is 44.9 cm³/mol. The molecule has 2 atom stereocenters. The molecule has 0 saturated heterocycles. The van der Waals surface area contributed by atoms with E-state index < -0.39 is 42.0 Å². The molecule has 0 bridgehead atoms. The van der Waals surface area contributed by atoms with Crippen LogP contribution in [-0.4, -0.2) is 23.4 Å². The SMILES string of the molecule is CC(=C(F)F)C(C)(F)C(F)(F)C(C)(F)C(F)(F)F. The normalized spacial score (nSPS) is 20.0. The lowest BCUT2D eigenvalue weighted by molar-refractivity contribution is -0.318. The summed E-state index contributed by atoms with van der Waals surface area (Å²) in [7, 11) is 0. The van der Waals surface area contributed by atoms with Crippen LogP contribution < -0.4 is 0 Å². The van der Waals surface area contributed by atoms with Gasteiger partial charge in [0.05, 0.1) is 0 Å². The van der Waals surface area contributed by atoms with Crippen molar-refractivity contribution in [2.45, 2.75) is 44.2 Å². The van der Waals surface area contributed by atoms with Gasteiger partial charge < -0.3 is 0 Å². The zero-order chi connectivity index (χ0) is 15.2. The molecular weight excluding hydrogens is 279 g/mol. The van der Waals surface area contributed by atoms with Gasteiger partial charge in [0.15, 0.2) is 0 Å². The largest absolute Gasteiger partial charge is 0.428 e. The average Bonchev–Trinajstić information content (AvgIpc) is 2.13. The van der Waals surface area contributed by atoms with Crippen LogP contribution in [-0.2, 0) is 0 Å². The summed E-state index contributed by atoms with van der Waals surface area (Å²) in [6.07, 6.45) is -9.05. The minimum atomic E-state index is -6.11. The molecule has 18 heavy (non-hydrogen) atoms. The maximum absolute atomic E-state index is 13.5. The molecule has 0 aromatic carbocycles.